The number of carbonyl (C=O) groups excluding carboxylic acids is 1. The van der Waals surface area contributed by atoms with Gasteiger partial charge in [-0.3, -0.25) is 4.79 Å². The summed E-state index contributed by atoms with van der Waals surface area (Å²) < 4.78 is 5.22. The minimum absolute atomic E-state index is 0.108. The first-order chi connectivity index (χ1) is 11.0. The van der Waals surface area contributed by atoms with E-state index in [4.69, 9.17) is 21.4 Å². The smallest absolute Gasteiger partial charge is 0.335 e. The van der Waals surface area contributed by atoms with E-state index in [0.29, 0.717) is 22.9 Å². The average molecular weight is 334 g/mol. The predicted octanol–water partition coefficient (Wildman–Crippen LogP) is 2.91. The lowest BCUT2D eigenvalue weighted by atomic mass is 10.1. The van der Waals surface area contributed by atoms with E-state index in [9.17, 15) is 9.59 Å². The molecule has 23 heavy (non-hydrogen) atoms. The van der Waals surface area contributed by atoms with Crippen LogP contribution in [0.2, 0.25) is 5.02 Å². The quantitative estimate of drug-likeness (QED) is 0.852. The van der Waals surface area contributed by atoms with Crippen molar-refractivity contribution in [2.45, 2.75) is 13.0 Å². The van der Waals surface area contributed by atoms with E-state index >= 15 is 0 Å². The van der Waals surface area contributed by atoms with Crippen molar-refractivity contribution in [3.8, 4) is 5.75 Å². The molecule has 0 heterocycles. The zero-order valence-electron chi connectivity index (χ0n) is 12.5. The normalized spacial score (nSPS) is 10.2. The van der Waals surface area contributed by atoms with Crippen LogP contribution in [-0.2, 0) is 17.8 Å². The number of methoxy groups -OCH3 is 1. The lowest BCUT2D eigenvalue weighted by Gasteiger charge is -2.10. The molecule has 0 radical (unpaired) electrons. The van der Waals surface area contributed by atoms with Crippen molar-refractivity contribution in [2.24, 2.45) is 0 Å². The van der Waals surface area contributed by atoms with Crippen LogP contribution in [0.25, 0.3) is 0 Å². The number of carboxylic acid groups (broad SMARTS) is 1. The van der Waals surface area contributed by atoms with E-state index in [1.54, 1.807) is 30.3 Å². The Morgan fingerprint density at radius 1 is 1.22 bits per heavy atom. The first-order valence-electron chi connectivity index (χ1n) is 6.91. The van der Waals surface area contributed by atoms with Gasteiger partial charge in [-0.15, -0.1) is 0 Å². The summed E-state index contributed by atoms with van der Waals surface area (Å²) in [5, 5.41) is 12.3. The molecule has 0 bridgehead atoms. The second kappa shape index (κ2) is 7.65. The molecule has 1 amide bonds. The zero-order chi connectivity index (χ0) is 16.8. The molecule has 0 saturated heterocycles. The number of amides is 1. The molecule has 0 atom stereocenters. The van der Waals surface area contributed by atoms with Crippen molar-refractivity contribution in [2.75, 3.05) is 7.11 Å². The molecule has 2 N–H and O–H groups in total. The number of hydrogen-bond acceptors (Lipinski definition) is 3. The third-order valence-corrected chi connectivity index (χ3v) is 3.50. The van der Waals surface area contributed by atoms with Gasteiger partial charge in [0.1, 0.15) is 5.75 Å². The van der Waals surface area contributed by atoms with E-state index in [1.165, 1.54) is 19.2 Å². The minimum Gasteiger partial charge on any atom is -0.496 e. The number of halogens is 1. The molecule has 2 aromatic rings. The maximum atomic E-state index is 12.0. The van der Waals surface area contributed by atoms with Gasteiger partial charge in [-0.05, 0) is 29.8 Å². The fourth-order valence-electron chi connectivity index (χ4n) is 2.12. The Balaban J connectivity index is 1.98. The zero-order valence-corrected chi connectivity index (χ0v) is 13.3. The van der Waals surface area contributed by atoms with Crippen LogP contribution in [0.15, 0.2) is 42.5 Å². The first kappa shape index (κ1) is 16.8. The van der Waals surface area contributed by atoms with Crippen LogP contribution in [-0.4, -0.2) is 24.1 Å². The molecule has 0 saturated carbocycles. The molecule has 6 heteroatoms. The summed E-state index contributed by atoms with van der Waals surface area (Å²) in [5.41, 5.74) is 1.62. The summed E-state index contributed by atoms with van der Waals surface area (Å²) >= 11 is 5.89. The summed E-state index contributed by atoms with van der Waals surface area (Å²) in [5.74, 6) is -0.617. The third-order valence-electron chi connectivity index (χ3n) is 3.26. The van der Waals surface area contributed by atoms with Gasteiger partial charge in [-0.25, -0.2) is 4.79 Å². The van der Waals surface area contributed by atoms with E-state index in [1.807, 2.05) is 0 Å². The van der Waals surface area contributed by atoms with Crippen molar-refractivity contribution in [3.63, 3.8) is 0 Å². The summed E-state index contributed by atoms with van der Waals surface area (Å²) in [6.45, 7) is 0.303. The van der Waals surface area contributed by atoms with Crippen molar-refractivity contribution in [1.29, 1.82) is 0 Å². The lowest BCUT2D eigenvalue weighted by molar-refractivity contribution is -0.120. The Morgan fingerprint density at radius 3 is 2.70 bits per heavy atom. The van der Waals surface area contributed by atoms with Crippen LogP contribution in [0.5, 0.6) is 5.75 Å². The number of carboxylic acids is 1. The van der Waals surface area contributed by atoms with E-state index in [-0.39, 0.29) is 17.9 Å². The monoisotopic (exact) mass is 333 g/mol. The molecule has 0 aliphatic heterocycles. The Morgan fingerprint density at radius 2 is 2.00 bits per heavy atom. The molecule has 0 aliphatic rings. The number of nitrogens with one attached hydrogen (secondary N) is 1. The van der Waals surface area contributed by atoms with Crippen LogP contribution in [0.1, 0.15) is 21.5 Å². The molecule has 2 rings (SSSR count). The molecule has 0 unspecified atom stereocenters. The fourth-order valence-corrected chi connectivity index (χ4v) is 2.28. The minimum atomic E-state index is -1.02. The molecule has 0 aromatic heterocycles. The molecular formula is C17H16ClNO4. The second-order valence-corrected chi connectivity index (χ2v) is 5.35. The first-order valence-corrected chi connectivity index (χ1v) is 7.28. The molecule has 0 aliphatic carbocycles. The number of rotatable bonds is 6. The fraction of sp³-hybridized carbons (Fsp3) is 0.176. The highest BCUT2D eigenvalue weighted by Crippen LogP contribution is 2.22. The maximum absolute atomic E-state index is 12.0. The second-order valence-electron chi connectivity index (χ2n) is 4.92. The predicted molar refractivity (Wildman–Crippen MR) is 87.0 cm³/mol. The van der Waals surface area contributed by atoms with Gasteiger partial charge in [0.2, 0.25) is 5.91 Å². The summed E-state index contributed by atoms with van der Waals surface area (Å²) in [6.07, 6.45) is 0.108. The number of benzene rings is 2. The number of carbonyl (C=O) groups is 2. The van der Waals surface area contributed by atoms with Gasteiger partial charge in [-0.2, -0.15) is 0 Å². The molecule has 5 nitrogen and oxygen atoms in total. The summed E-state index contributed by atoms with van der Waals surface area (Å²) in [7, 11) is 1.54. The Bertz CT molecular complexity index is 730. The SMILES string of the molecule is COc1cc(Cl)ccc1CNC(=O)Cc1cccc(C(=O)O)c1. The van der Waals surface area contributed by atoms with Gasteiger partial charge in [-0.1, -0.05) is 29.8 Å². The van der Waals surface area contributed by atoms with Gasteiger partial charge in [0.15, 0.2) is 0 Å². The Kier molecular flexibility index (Phi) is 5.60. The molecular weight excluding hydrogens is 318 g/mol. The third kappa shape index (κ3) is 4.72. The van der Waals surface area contributed by atoms with Gasteiger partial charge in [0.05, 0.1) is 19.1 Å². The highest BCUT2D eigenvalue weighted by atomic mass is 35.5. The molecule has 120 valence electrons. The van der Waals surface area contributed by atoms with E-state index < -0.39 is 5.97 Å². The van der Waals surface area contributed by atoms with Crippen molar-refractivity contribution in [1.82, 2.24) is 5.32 Å². The van der Waals surface area contributed by atoms with Crippen LogP contribution in [0.4, 0.5) is 0 Å². The van der Waals surface area contributed by atoms with Crippen LogP contribution >= 0.6 is 11.6 Å². The summed E-state index contributed by atoms with van der Waals surface area (Å²) in [4.78, 5) is 22.9. The molecule has 0 fully saturated rings. The van der Waals surface area contributed by atoms with Gasteiger partial charge in [0, 0.05) is 17.1 Å². The largest absolute Gasteiger partial charge is 0.496 e. The average Bonchev–Trinajstić information content (AvgIpc) is 2.53. The summed E-state index contributed by atoms with van der Waals surface area (Å²) in [6, 6.07) is 11.5. The van der Waals surface area contributed by atoms with Crippen molar-refractivity contribution >= 4 is 23.5 Å². The standard InChI is InChI=1S/C17H16ClNO4/c1-23-15-9-14(18)6-5-13(15)10-19-16(20)8-11-3-2-4-12(7-11)17(21)22/h2-7,9H,8,10H2,1H3,(H,19,20)(H,21,22). The van der Waals surface area contributed by atoms with Crippen molar-refractivity contribution < 1.29 is 19.4 Å². The van der Waals surface area contributed by atoms with Gasteiger partial charge < -0.3 is 15.2 Å². The van der Waals surface area contributed by atoms with Gasteiger partial charge >= 0.3 is 5.97 Å². The van der Waals surface area contributed by atoms with Crippen LogP contribution in [0, 0.1) is 0 Å². The Labute approximate surface area is 138 Å². The number of aromatic carboxylic acids is 1. The highest BCUT2D eigenvalue weighted by Gasteiger charge is 2.09. The van der Waals surface area contributed by atoms with Crippen LogP contribution < -0.4 is 10.1 Å². The number of hydrogen-bond donors (Lipinski definition) is 2. The highest BCUT2D eigenvalue weighted by molar-refractivity contribution is 6.30. The van der Waals surface area contributed by atoms with Crippen molar-refractivity contribution in [3.05, 3.63) is 64.2 Å². The van der Waals surface area contributed by atoms with E-state index in [2.05, 4.69) is 5.32 Å². The van der Waals surface area contributed by atoms with Gasteiger partial charge in [0.25, 0.3) is 0 Å². The number of ether oxygens (including phenoxy) is 1. The lowest BCUT2D eigenvalue weighted by Crippen LogP contribution is -2.24. The molecule has 2 aromatic carbocycles. The topological polar surface area (TPSA) is 75.6 Å². The van der Waals surface area contributed by atoms with Crippen LogP contribution in [0.3, 0.4) is 0 Å². The van der Waals surface area contributed by atoms with E-state index in [0.717, 1.165) is 5.56 Å². The Hall–Kier alpha value is -2.53. The maximum Gasteiger partial charge on any atom is 0.335 e. The molecule has 0 spiro atoms.